The lowest BCUT2D eigenvalue weighted by molar-refractivity contribution is 0.102. The van der Waals surface area contributed by atoms with Crippen LogP contribution in [0.4, 0.5) is 5.69 Å². The van der Waals surface area contributed by atoms with E-state index in [4.69, 9.17) is 4.74 Å². The van der Waals surface area contributed by atoms with Gasteiger partial charge in [-0.2, -0.15) is 0 Å². The summed E-state index contributed by atoms with van der Waals surface area (Å²) < 4.78 is 32.2. The Balaban J connectivity index is 1.77. The Kier molecular flexibility index (Phi) is 6.08. The SMILES string of the molecule is CCNS(=O)(=O)c1ccc(NC(=O)c2ccccc2Oc2ccccc2)cc1. The number of hydrogen-bond acceptors (Lipinski definition) is 4. The molecule has 0 saturated carbocycles. The minimum Gasteiger partial charge on any atom is -0.457 e. The van der Waals surface area contributed by atoms with Crippen molar-refractivity contribution in [2.75, 3.05) is 11.9 Å². The fraction of sp³-hybridized carbons (Fsp3) is 0.0952. The Morgan fingerprint density at radius 3 is 2.21 bits per heavy atom. The van der Waals surface area contributed by atoms with Crippen LogP contribution in [0.25, 0.3) is 0 Å². The number of amides is 1. The maximum absolute atomic E-state index is 12.7. The third kappa shape index (κ3) is 4.76. The number of rotatable bonds is 7. The zero-order chi connectivity index (χ0) is 20.0. The van der Waals surface area contributed by atoms with Crippen molar-refractivity contribution in [1.82, 2.24) is 4.72 Å². The number of hydrogen-bond donors (Lipinski definition) is 2. The van der Waals surface area contributed by atoms with Gasteiger partial charge in [0.2, 0.25) is 10.0 Å². The molecule has 3 aromatic rings. The van der Waals surface area contributed by atoms with Crippen LogP contribution in [0.5, 0.6) is 11.5 Å². The first-order valence-electron chi connectivity index (χ1n) is 8.72. The van der Waals surface area contributed by atoms with Crippen LogP contribution in [0, 0.1) is 0 Å². The molecule has 3 aromatic carbocycles. The summed E-state index contributed by atoms with van der Waals surface area (Å²) in [5.41, 5.74) is 0.852. The summed E-state index contributed by atoms with van der Waals surface area (Å²) in [6.07, 6.45) is 0. The van der Waals surface area contributed by atoms with Crippen molar-refractivity contribution in [3.8, 4) is 11.5 Å². The third-order valence-electron chi connectivity index (χ3n) is 3.86. The summed E-state index contributed by atoms with van der Waals surface area (Å²) in [7, 11) is -3.53. The second kappa shape index (κ2) is 8.69. The Morgan fingerprint density at radius 2 is 1.54 bits per heavy atom. The molecule has 144 valence electrons. The van der Waals surface area contributed by atoms with E-state index in [0.29, 0.717) is 29.3 Å². The molecule has 3 rings (SSSR count). The summed E-state index contributed by atoms with van der Waals surface area (Å²) in [6, 6.07) is 22.1. The lowest BCUT2D eigenvalue weighted by atomic mass is 10.2. The lowest BCUT2D eigenvalue weighted by Gasteiger charge is -2.12. The van der Waals surface area contributed by atoms with Crippen LogP contribution >= 0.6 is 0 Å². The van der Waals surface area contributed by atoms with Gasteiger partial charge in [0.15, 0.2) is 0 Å². The molecule has 7 heteroatoms. The minimum absolute atomic E-state index is 0.139. The molecule has 0 aliphatic rings. The number of nitrogens with one attached hydrogen (secondary N) is 2. The summed E-state index contributed by atoms with van der Waals surface area (Å²) in [5, 5.41) is 2.76. The van der Waals surface area contributed by atoms with Gasteiger partial charge < -0.3 is 10.1 Å². The average Bonchev–Trinajstić information content (AvgIpc) is 2.69. The first kappa shape index (κ1) is 19.6. The lowest BCUT2D eigenvalue weighted by Crippen LogP contribution is -2.23. The highest BCUT2D eigenvalue weighted by molar-refractivity contribution is 7.89. The molecule has 0 unspecified atom stereocenters. The van der Waals surface area contributed by atoms with E-state index < -0.39 is 10.0 Å². The van der Waals surface area contributed by atoms with Crippen molar-refractivity contribution in [3.05, 3.63) is 84.4 Å². The van der Waals surface area contributed by atoms with Crippen LogP contribution < -0.4 is 14.8 Å². The molecule has 28 heavy (non-hydrogen) atoms. The van der Waals surface area contributed by atoms with Gasteiger partial charge in [0.1, 0.15) is 11.5 Å². The van der Waals surface area contributed by atoms with Gasteiger partial charge in [-0.25, -0.2) is 13.1 Å². The number of ether oxygens (including phenoxy) is 1. The molecule has 0 aliphatic carbocycles. The Labute approximate surface area is 164 Å². The molecule has 0 fully saturated rings. The first-order valence-corrected chi connectivity index (χ1v) is 10.2. The van der Waals surface area contributed by atoms with Crippen molar-refractivity contribution >= 4 is 21.6 Å². The third-order valence-corrected chi connectivity index (χ3v) is 5.42. The molecule has 0 atom stereocenters. The van der Waals surface area contributed by atoms with Crippen LogP contribution in [-0.2, 0) is 10.0 Å². The summed E-state index contributed by atoms with van der Waals surface area (Å²) >= 11 is 0. The van der Waals surface area contributed by atoms with E-state index in [1.165, 1.54) is 12.1 Å². The Hall–Kier alpha value is -3.16. The molecule has 2 N–H and O–H groups in total. The monoisotopic (exact) mass is 396 g/mol. The van der Waals surface area contributed by atoms with Crippen LogP contribution in [0.3, 0.4) is 0 Å². The second-order valence-corrected chi connectivity index (χ2v) is 7.66. The van der Waals surface area contributed by atoms with Crippen LogP contribution in [-0.4, -0.2) is 20.9 Å². The number of carbonyl (C=O) groups excluding carboxylic acids is 1. The van der Waals surface area contributed by atoms with E-state index in [-0.39, 0.29) is 10.8 Å². The van der Waals surface area contributed by atoms with E-state index in [1.807, 2.05) is 18.2 Å². The number of anilines is 1. The van der Waals surface area contributed by atoms with Crippen molar-refractivity contribution in [2.45, 2.75) is 11.8 Å². The molecular weight excluding hydrogens is 376 g/mol. The van der Waals surface area contributed by atoms with Crippen molar-refractivity contribution in [2.24, 2.45) is 0 Å². The maximum atomic E-state index is 12.7. The van der Waals surface area contributed by atoms with Crippen molar-refractivity contribution < 1.29 is 17.9 Å². The molecule has 1 amide bonds. The molecule has 0 heterocycles. The smallest absolute Gasteiger partial charge is 0.259 e. The van der Waals surface area contributed by atoms with E-state index in [9.17, 15) is 13.2 Å². The largest absolute Gasteiger partial charge is 0.457 e. The zero-order valence-electron chi connectivity index (χ0n) is 15.3. The Morgan fingerprint density at radius 1 is 0.893 bits per heavy atom. The van der Waals surface area contributed by atoms with Gasteiger partial charge in [0, 0.05) is 12.2 Å². The Bertz CT molecular complexity index is 1050. The standard InChI is InChI=1S/C21H20N2O4S/c1-2-22-28(25,26)18-14-12-16(13-15-18)23-21(24)19-10-6-7-11-20(19)27-17-8-4-3-5-9-17/h3-15,22H,2H2,1H3,(H,23,24). The average molecular weight is 396 g/mol. The van der Waals surface area contributed by atoms with Gasteiger partial charge in [-0.15, -0.1) is 0 Å². The van der Waals surface area contributed by atoms with Crippen molar-refractivity contribution in [1.29, 1.82) is 0 Å². The van der Waals surface area contributed by atoms with E-state index >= 15 is 0 Å². The molecule has 0 saturated heterocycles. The highest BCUT2D eigenvalue weighted by atomic mass is 32.2. The van der Waals surface area contributed by atoms with Gasteiger partial charge in [-0.1, -0.05) is 37.3 Å². The summed E-state index contributed by atoms with van der Waals surface area (Å²) in [6.45, 7) is 2.01. The predicted octanol–water partition coefficient (Wildman–Crippen LogP) is 4.03. The molecule has 0 spiro atoms. The summed E-state index contributed by atoms with van der Waals surface area (Å²) in [4.78, 5) is 12.8. The molecule has 0 bridgehead atoms. The van der Waals surface area contributed by atoms with Crippen molar-refractivity contribution in [3.63, 3.8) is 0 Å². The van der Waals surface area contributed by atoms with Gasteiger partial charge in [0.05, 0.1) is 10.5 Å². The van der Waals surface area contributed by atoms with Crippen LogP contribution in [0.1, 0.15) is 17.3 Å². The highest BCUT2D eigenvalue weighted by Gasteiger charge is 2.15. The van der Waals surface area contributed by atoms with Gasteiger partial charge in [-0.3, -0.25) is 4.79 Å². The molecule has 0 aliphatic heterocycles. The van der Waals surface area contributed by atoms with Gasteiger partial charge >= 0.3 is 0 Å². The van der Waals surface area contributed by atoms with Crippen LogP contribution in [0.15, 0.2) is 83.8 Å². The number of benzene rings is 3. The number of sulfonamides is 1. The number of carbonyl (C=O) groups is 1. The normalized spacial score (nSPS) is 11.0. The first-order chi connectivity index (χ1) is 13.5. The summed E-state index contributed by atoms with van der Waals surface area (Å²) in [5.74, 6) is 0.701. The van der Waals surface area contributed by atoms with Gasteiger partial charge in [-0.05, 0) is 48.5 Å². The van der Waals surface area contributed by atoms with Crippen LogP contribution in [0.2, 0.25) is 0 Å². The van der Waals surface area contributed by atoms with Gasteiger partial charge in [0.25, 0.3) is 5.91 Å². The minimum atomic E-state index is -3.53. The molecule has 6 nitrogen and oxygen atoms in total. The molecule has 0 radical (unpaired) electrons. The fourth-order valence-corrected chi connectivity index (χ4v) is 3.59. The second-order valence-electron chi connectivity index (χ2n) is 5.89. The molecule has 0 aromatic heterocycles. The molecular formula is C21H20N2O4S. The van der Waals surface area contributed by atoms with E-state index in [0.717, 1.165) is 0 Å². The quantitative estimate of drug-likeness (QED) is 0.631. The fourth-order valence-electron chi connectivity index (χ4n) is 2.55. The van der Waals surface area contributed by atoms with E-state index in [2.05, 4.69) is 10.0 Å². The topological polar surface area (TPSA) is 84.5 Å². The maximum Gasteiger partial charge on any atom is 0.259 e. The van der Waals surface area contributed by atoms with E-state index in [1.54, 1.807) is 55.5 Å². The predicted molar refractivity (Wildman–Crippen MR) is 108 cm³/mol. The number of para-hydroxylation sites is 2. The highest BCUT2D eigenvalue weighted by Crippen LogP contribution is 2.26. The zero-order valence-corrected chi connectivity index (χ0v) is 16.1.